The van der Waals surface area contributed by atoms with Crippen LogP contribution in [-0.2, 0) is 38.8 Å². The molecule has 1 aliphatic rings. The molecule has 0 spiro atoms. The molecule has 0 unspecified atom stereocenters. The molecule has 3 aromatic carbocycles. The standard InChI is InChI=1S/C30H31N2O4S3/c1-22-9-13-27(14-10-22)38(33,34)31-18-24(3)17-30-29(20-31)25(21-37-26-7-5-4-6-8-26)19-32(30)39(35,36)28-15-11-23(2)12-16-28/h4-16,19H,17-18,20-21H2,1-3H3/q+1. The molecule has 1 aromatic heterocycles. The molecule has 39 heavy (non-hydrogen) atoms. The van der Waals surface area contributed by atoms with Crippen LogP contribution in [-0.4, -0.2) is 31.7 Å². The van der Waals surface area contributed by atoms with E-state index < -0.39 is 20.0 Å². The van der Waals surface area contributed by atoms with Gasteiger partial charge >= 0.3 is 0 Å². The van der Waals surface area contributed by atoms with E-state index in [1.165, 1.54) is 8.28 Å². The van der Waals surface area contributed by atoms with Gasteiger partial charge in [0.15, 0.2) is 6.54 Å². The SMILES string of the molecule is Cc1ccc(S(=O)(=O)N2Cc3c(CSc4ccccc4)cn(S(=O)(=O)c4ccc(C)cc4)c3C[C+](C)C2)cc1. The first kappa shape index (κ1) is 27.6. The average molecular weight is 580 g/mol. The van der Waals surface area contributed by atoms with Crippen molar-refractivity contribution in [3.05, 3.63) is 119 Å². The minimum absolute atomic E-state index is 0.101. The molecule has 0 bridgehead atoms. The largest absolute Gasteiger partial charge is 0.268 e. The van der Waals surface area contributed by atoms with Gasteiger partial charge < -0.3 is 0 Å². The predicted octanol–water partition coefficient (Wildman–Crippen LogP) is 5.98. The van der Waals surface area contributed by atoms with Gasteiger partial charge in [0, 0.05) is 23.4 Å². The number of hydrogen-bond donors (Lipinski definition) is 0. The molecule has 2 heterocycles. The second-order valence-electron chi connectivity index (χ2n) is 10.0. The van der Waals surface area contributed by atoms with Crippen molar-refractivity contribution in [3.8, 4) is 0 Å². The van der Waals surface area contributed by atoms with E-state index in [1.807, 2.05) is 51.1 Å². The van der Waals surface area contributed by atoms with Crippen molar-refractivity contribution in [1.82, 2.24) is 8.28 Å². The Hall–Kier alpha value is -2.98. The number of nitrogens with zero attached hydrogens (tertiary/aromatic N) is 2. The fourth-order valence-corrected chi connectivity index (χ4v) is 8.56. The van der Waals surface area contributed by atoms with E-state index in [-0.39, 0.29) is 22.9 Å². The van der Waals surface area contributed by atoms with E-state index in [4.69, 9.17) is 0 Å². The lowest BCUT2D eigenvalue weighted by atomic mass is 10.0. The van der Waals surface area contributed by atoms with Crippen LogP contribution in [0.5, 0.6) is 0 Å². The van der Waals surface area contributed by atoms with E-state index in [2.05, 4.69) is 0 Å². The molecular formula is C30H31N2O4S3+. The molecule has 0 saturated heterocycles. The Balaban J connectivity index is 1.60. The van der Waals surface area contributed by atoms with Gasteiger partial charge in [-0.05, 0) is 61.4 Å². The van der Waals surface area contributed by atoms with Gasteiger partial charge in [0.25, 0.3) is 10.0 Å². The Morgan fingerprint density at radius 3 is 1.95 bits per heavy atom. The highest BCUT2D eigenvalue weighted by Gasteiger charge is 2.39. The molecular weight excluding hydrogens is 549 g/mol. The van der Waals surface area contributed by atoms with Crippen LogP contribution in [0.25, 0.3) is 0 Å². The third kappa shape index (κ3) is 5.68. The van der Waals surface area contributed by atoms with Gasteiger partial charge in [-0.1, -0.05) is 53.6 Å². The number of fused-ring (bicyclic) bond motifs is 1. The van der Waals surface area contributed by atoms with Crippen molar-refractivity contribution in [2.75, 3.05) is 6.54 Å². The second kappa shape index (κ2) is 10.9. The van der Waals surface area contributed by atoms with Crippen molar-refractivity contribution in [1.29, 1.82) is 0 Å². The summed E-state index contributed by atoms with van der Waals surface area (Å²) in [7, 11) is -7.68. The summed E-state index contributed by atoms with van der Waals surface area (Å²) in [5, 5.41) is 0. The number of benzene rings is 3. The molecule has 0 saturated carbocycles. The topological polar surface area (TPSA) is 76.5 Å². The van der Waals surface area contributed by atoms with Crippen LogP contribution in [0.3, 0.4) is 0 Å². The summed E-state index contributed by atoms with van der Waals surface area (Å²) in [5.41, 5.74) is 4.14. The van der Waals surface area contributed by atoms with Crippen LogP contribution in [0.2, 0.25) is 0 Å². The van der Waals surface area contributed by atoms with Gasteiger partial charge in [-0.3, -0.25) is 0 Å². The summed E-state index contributed by atoms with van der Waals surface area (Å²) >= 11 is 1.60. The lowest BCUT2D eigenvalue weighted by Crippen LogP contribution is -2.33. The predicted molar refractivity (Wildman–Crippen MR) is 156 cm³/mol. The summed E-state index contributed by atoms with van der Waals surface area (Å²) in [6.45, 7) is 6.05. The van der Waals surface area contributed by atoms with E-state index >= 15 is 0 Å². The van der Waals surface area contributed by atoms with Crippen LogP contribution >= 0.6 is 11.8 Å². The van der Waals surface area contributed by atoms with Crippen molar-refractivity contribution >= 4 is 31.8 Å². The molecule has 0 radical (unpaired) electrons. The third-order valence-corrected chi connectivity index (χ3v) is 11.5. The Labute approximate surface area is 235 Å². The molecule has 0 fully saturated rings. The lowest BCUT2D eigenvalue weighted by Gasteiger charge is -2.19. The number of aromatic nitrogens is 1. The summed E-state index contributed by atoms with van der Waals surface area (Å²) in [6, 6.07) is 23.6. The maximum atomic E-state index is 13.9. The van der Waals surface area contributed by atoms with E-state index in [0.29, 0.717) is 17.9 Å². The number of rotatable bonds is 7. The molecule has 9 heteroatoms. The fraction of sp³-hybridized carbons (Fsp3) is 0.233. The minimum atomic E-state index is -3.88. The number of thioether (sulfide) groups is 1. The van der Waals surface area contributed by atoms with Crippen molar-refractivity contribution in [2.45, 2.75) is 54.2 Å². The molecule has 202 valence electrons. The first-order valence-electron chi connectivity index (χ1n) is 12.7. The van der Waals surface area contributed by atoms with Gasteiger partial charge in [-0.2, -0.15) is 4.31 Å². The smallest absolute Gasteiger partial charge is 0.241 e. The maximum Gasteiger partial charge on any atom is 0.268 e. The van der Waals surface area contributed by atoms with Crippen molar-refractivity contribution in [2.24, 2.45) is 0 Å². The molecule has 5 rings (SSSR count). The van der Waals surface area contributed by atoms with Crippen LogP contribution in [0.4, 0.5) is 0 Å². The van der Waals surface area contributed by atoms with Crippen LogP contribution in [0.15, 0.2) is 99.7 Å². The van der Waals surface area contributed by atoms with Crippen molar-refractivity contribution in [3.63, 3.8) is 0 Å². The van der Waals surface area contributed by atoms with E-state index in [0.717, 1.165) is 33.1 Å². The zero-order valence-corrected chi connectivity index (χ0v) is 24.6. The zero-order valence-electron chi connectivity index (χ0n) is 22.2. The van der Waals surface area contributed by atoms with Gasteiger partial charge in [-0.15, -0.1) is 11.8 Å². The van der Waals surface area contributed by atoms with Gasteiger partial charge in [0.05, 0.1) is 22.4 Å². The summed E-state index contributed by atoms with van der Waals surface area (Å²) in [6.07, 6.45) is 2.06. The van der Waals surface area contributed by atoms with E-state index in [1.54, 1.807) is 66.5 Å². The van der Waals surface area contributed by atoms with Gasteiger partial charge in [0.2, 0.25) is 10.0 Å². The highest BCUT2D eigenvalue weighted by atomic mass is 32.2. The van der Waals surface area contributed by atoms with Crippen LogP contribution in [0, 0.1) is 19.8 Å². The molecule has 1 aliphatic heterocycles. The Bertz CT molecular complexity index is 1680. The van der Waals surface area contributed by atoms with E-state index in [9.17, 15) is 16.8 Å². The minimum Gasteiger partial charge on any atom is -0.241 e. The summed E-state index contributed by atoms with van der Waals surface area (Å²) in [5.74, 6) is 1.39. The first-order chi connectivity index (χ1) is 18.6. The molecule has 6 nitrogen and oxygen atoms in total. The Kier molecular flexibility index (Phi) is 7.70. The second-order valence-corrected chi connectivity index (χ2v) is 14.8. The van der Waals surface area contributed by atoms with Gasteiger partial charge in [-0.25, -0.2) is 20.8 Å². The number of sulfonamides is 1. The molecule has 0 aliphatic carbocycles. The van der Waals surface area contributed by atoms with Crippen LogP contribution < -0.4 is 0 Å². The third-order valence-electron chi connectivity index (χ3n) is 6.90. The first-order valence-corrected chi connectivity index (χ1v) is 16.5. The quantitative estimate of drug-likeness (QED) is 0.199. The highest BCUT2D eigenvalue weighted by molar-refractivity contribution is 7.98. The summed E-state index contributed by atoms with van der Waals surface area (Å²) in [4.78, 5) is 1.50. The average Bonchev–Trinajstić information content (AvgIpc) is 3.14. The van der Waals surface area contributed by atoms with Crippen molar-refractivity contribution < 1.29 is 16.8 Å². The maximum absolute atomic E-state index is 13.9. The molecule has 4 aromatic rings. The zero-order chi connectivity index (χ0) is 27.8. The number of hydrogen-bond acceptors (Lipinski definition) is 5. The highest BCUT2D eigenvalue weighted by Crippen LogP contribution is 2.35. The normalized spacial score (nSPS) is 14.7. The Morgan fingerprint density at radius 1 is 0.795 bits per heavy atom. The lowest BCUT2D eigenvalue weighted by molar-refractivity contribution is 0.420. The molecule has 0 N–H and O–H groups in total. The molecule has 0 amide bonds. The monoisotopic (exact) mass is 579 g/mol. The fourth-order valence-electron chi connectivity index (χ4n) is 4.74. The van der Waals surface area contributed by atoms with Gasteiger partial charge in [0.1, 0.15) is 12.3 Å². The Morgan fingerprint density at radius 2 is 1.36 bits per heavy atom. The summed E-state index contributed by atoms with van der Waals surface area (Å²) < 4.78 is 58.1. The molecule has 0 atom stereocenters. The van der Waals surface area contributed by atoms with Crippen LogP contribution in [0.1, 0.15) is 34.9 Å². The number of aryl methyl sites for hydroxylation is 2.